The number of thiazole rings is 1. The lowest BCUT2D eigenvalue weighted by Gasteiger charge is -2.00. The minimum atomic E-state index is -0.278. The van der Waals surface area contributed by atoms with Crippen molar-refractivity contribution >= 4 is 61.5 Å². The number of anilines is 1. The molecule has 1 N–H and O–H groups in total. The number of halogens is 3. The number of nitrogens with one attached hydrogen (secondary N) is 1. The van der Waals surface area contributed by atoms with Gasteiger partial charge in [-0.25, -0.2) is 4.98 Å². The topological polar surface area (TPSA) is 55.1 Å². The molecular weight excluding hydrogens is 507 g/mol. The monoisotopic (exact) mass is 520 g/mol. The summed E-state index contributed by atoms with van der Waals surface area (Å²) >= 11 is 17.0. The maximum Gasteiger partial charge on any atom is 0.261 e. The molecule has 2 heterocycles. The lowest BCUT2D eigenvalue weighted by molar-refractivity contribution is 0.102. The van der Waals surface area contributed by atoms with E-state index in [0.717, 1.165) is 15.8 Å². The van der Waals surface area contributed by atoms with Crippen LogP contribution in [0.5, 0.6) is 0 Å². The van der Waals surface area contributed by atoms with Crippen molar-refractivity contribution in [3.63, 3.8) is 0 Å². The number of hydrogen-bond acceptors (Lipinski definition) is 4. The second-order valence-corrected chi connectivity index (χ2v) is 9.53. The Bertz CT molecular complexity index is 1200. The molecular formula is C22H15BrCl2N2O2S. The molecule has 0 aliphatic rings. The molecule has 0 radical (unpaired) electrons. The first-order chi connectivity index (χ1) is 14.4. The van der Waals surface area contributed by atoms with E-state index in [1.54, 1.807) is 37.4 Å². The molecule has 2 aromatic carbocycles. The number of carbonyl (C=O) groups is 1. The second kappa shape index (κ2) is 8.94. The van der Waals surface area contributed by atoms with Gasteiger partial charge in [0.1, 0.15) is 11.5 Å². The number of aryl methyl sites for hydroxylation is 1. The third-order valence-corrected chi connectivity index (χ3v) is 6.25. The largest absolute Gasteiger partial charge is 0.461 e. The summed E-state index contributed by atoms with van der Waals surface area (Å²) in [5.41, 5.74) is 2.32. The minimum Gasteiger partial charge on any atom is -0.461 e. The van der Waals surface area contributed by atoms with Crippen LogP contribution in [0, 0.1) is 6.92 Å². The van der Waals surface area contributed by atoms with Gasteiger partial charge in [0.15, 0.2) is 5.13 Å². The average Bonchev–Trinajstić information content (AvgIpc) is 3.29. The molecule has 0 aliphatic heterocycles. The Morgan fingerprint density at radius 1 is 1.13 bits per heavy atom. The quantitative estimate of drug-likeness (QED) is 0.293. The Labute approximate surface area is 196 Å². The van der Waals surface area contributed by atoms with Crippen LogP contribution in [0.1, 0.15) is 26.6 Å². The van der Waals surface area contributed by atoms with Gasteiger partial charge in [0.2, 0.25) is 0 Å². The number of rotatable bonds is 5. The number of hydrogen-bond donors (Lipinski definition) is 1. The van der Waals surface area contributed by atoms with E-state index in [0.29, 0.717) is 37.8 Å². The van der Waals surface area contributed by atoms with E-state index >= 15 is 0 Å². The van der Waals surface area contributed by atoms with Gasteiger partial charge in [-0.05, 0) is 48.9 Å². The predicted octanol–water partition coefficient (Wildman–Crippen LogP) is 7.62. The van der Waals surface area contributed by atoms with Gasteiger partial charge in [-0.2, -0.15) is 0 Å². The molecule has 0 unspecified atom stereocenters. The van der Waals surface area contributed by atoms with Crippen molar-refractivity contribution in [3.05, 3.63) is 91.0 Å². The van der Waals surface area contributed by atoms with Gasteiger partial charge in [0.25, 0.3) is 5.91 Å². The van der Waals surface area contributed by atoms with E-state index in [4.69, 9.17) is 27.6 Å². The summed E-state index contributed by atoms with van der Waals surface area (Å²) < 4.78 is 6.80. The average molecular weight is 522 g/mol. The zero-order valence-electron chi connectivity index (χ0n) is 15.7. The lowest BCUT2D eigenvalue weighted by Crippen LogP contribution is -2.11. The molecule has 0 bridgehead atoms. The predicted molar refractivity (Wildman–Crippen MR) is 126 cm³/mol. The molecule has 4 rings (SSSR count). The van der Waals surface area contributed by atoms with Crippen LogP contribution in [0.15, 0.2) is 63.6 Å². The summed E-state index contributed by atoms with van der Waals surface area (Å²) in [6, 6.07) is 14.9. The summed E-state index contributed by atoms with van der Waals surface area (Å²) in [6.07, 6.45) is 2.54. The number of amides is 1. The van der Waals surface area contributed by atoms with Crippen molar-refractivity contribution in [2.75, 3.05) is 5.32 Å². The molecule has 2 aromatic heterocycles. The molecule has 30 heavy (non-hydrogen) atoms. The minimum absolute atomic E-state index is 0.278. The molecule has 1 amide bonds. The van der Waals surface area contributed by atoms with E-state index in [-0.39, 0.29) is 5.91 Å². The summed E-state index contributed by atoms with van der Waals surface area (Å²) in [7, 11) is 0. The highest BCUT2D eigenvalue weighted by Crippen LogP contribution is 2.31. The van der Waals surface area contributed by atoms with Crippen molar-refractivity contribution in [2.24, 2.45) is 0 Å². The first kappa shape index (κ1) is 21.1. The fourth-order valence-corrected chi connectivity index (χ4v) is 4.59. The molecule has 0 saturated heterocycles. The smallest absolute Gasteiger partial charge is 0.261 e. The van der Waals surface area contributed by atoms with Crippen LogP contribution in [-0.2, 0) is 6.42 Å². The van der Waals surface area contributed by atoms with E-state index in [1.807, 2.05) is 12.1 Å². The maximum absolute atomic E-state index is 12.8. The van der Waals surface area contributed by atoms with Crippen LogP contribution >= 0.6 is 50.5 Å². The van der Waals surface area contributed by atoms with E-state index in [2.05, 4.69) is 38.4 Å². The van der Waals surface area contributed by atoms with Crippen molar-refractivity contribution in [2.45, 2.75) is 13.3 Å². The number of furan rings is 1. The lowest BCUT2D eigenvalue weighted by atomic mass is 10.1. The molecule has 0 fully saturated rings. The highest BCUT2D eigenvalue weighted by molar-refractivity contribution is 9.10. The number of nitrogens with zero attached hydrogens (tertiary/aromatic N) is 1. The molecule has 4 aromatic rings. The van der Waals surface area contributed by atoms with Gasteiger partial charge in [0, 0.05) is 37.6 Å². The van der Waals surface area contributed by atoms with E-state index in [1.165, 1.54) is 16.9 Å². The highest BCUT2D eigenvalue weighted by atomic mass is 79.9. The SMILES string of the molecule is Cc1oc(-c2cc(Cl)cc(Cl)c2)cc1C(=O)Nc1ncc(Cc2ccc(Br)cc2)s1. The summed E-state index contributed by atoms with van der Waals surface area (Å²) in [6.45, 7) is 1.74. The highest BCUT2D eigenvalue weighted by Gasteiger charge is 2.18. The Morgan fingerprint density at radius 2 is 1.83 bits per heavy atom. The standard InChI is InChI=1S/C22H15BrCl2N2O2S/c1-12-19(10-20(29-12)14-7-16(24)9-17(25)8-14)21(28)27-22-26-11-18(30-22)6-13-2-4-15(23)5-3-13/h2-5,7-11H,6H2,1H3,(H,26,27,28). The fraction of sp³-hybridized carbons (Fsp3) is 0.0909. The summed E-state index contributed by atoms with van der Waals surface area (Å²) in [4.78, 5) is 18.1. The van der Waals surface area contributed by atoms with Crippen LogP contribution in [0.2, 0.25) is 10.0 Å². The number of carbonyl (C=O) groups excluding carboxylic acids is 1. The summed E-state index contributed by atoms with van der Waals surface area (Å²) in [5.74, 6) is 0.752. The van der Waals surface area contributed by atoms with Gasteiger partial charge < -0.3 is 4.42 Å². The van der Waals surface area contributed by atoms with E-state index in [9.17, 15) is 4.79 Å². The molecule has 0 aliphatic carbocycles. The van der Waals surface area contributed by atoms with Crippen molar-refractivity contribution < 1.29 is 9.21 Å². The van der Waals surface area contributed by atoms with Crippen molar-refractivity contribution in [1.82, 2.24) is 4.98 Å². The Balaban J connectivity index is 1.48. The number of benzene rings is 2. The molecule has 0 saturated carbocycles. The van der Waals surface area contributed by atoms with E-state index < -0.39 is 0 Å². The number of aromatic nitrogens is 1. The zero-order valence-corrected chi connectivity index (χ0v) is 19.6. The molecule has 0 atom stereocenters. The third kappa shape index (κ3) is 4.95. The van der Waals surface area contributed by atoms with Crippen LogP contribution in [-0.4, -0.2) is 10.9 Å². The fourth-order valence-electron chi connectivity index (χ4n) is 2.96. The van der Waals surface area contributed by atoms with Crippen LogP contribution in [0.3, 0.4) is 0 Å². The Kier molecular flexibility index (Phi) is 6.29. The third-order valence-electron chi connectivity index (χ3n) is 4.38. The molecule has 4 nitrogen and oxygen atoms in total. The van der Waals surface area contributed by atoms with Gasteiger partial charge in [-0.1, -0.05) is 51.3 Å². The normalized spacial score (nSPS) is 10.9. The Hall–Kier alpha value is -2.12. The summed E-state index contributed by atoms with van der Waals surface area (Å²) in [5, 5.41) is 4.39. The second-order valence-electron chi connectivity index (χ2n) is 6.63. The van der Waals surface area contributed by atoms with Crippen LogP contribution in [0.4, 0.5) is 5.13 Å². The van der Waals surface area contributed by atoms with Gasteiger partial charge in [0.05, 0.1) is 5.56 Å². The zero-order chi connectivity index (χ0) is 21.3. The molecule has 0 spiro atoms. The van der Waals surface area contributed by atoms with Crippen molar-refractivity contribution in [1.29, 1.82) is 0 Å². The van der Waals surface area contributed by atoms with Crippen molar-refractivity contribution in [3.8, 4) is 11.3 Å². The van der Waals surface area contributed by atoms with Crippen LogP contribution in [0.25, 0.3) is 11.3 Å². The Morgan fingerprint density at radius 3 is 2.53 bits per heavy atom. The van der Waals surface area contributed by atoms with Gasteiger partial charge in [-0.3, -0.25) is 10.1 Å². The molecule has 8 heteroatoms. The first-order valence-corrected chi connectivity index (χ1v) is 11.3. The van der Waals surface area contributed by atoms with Crippen LogP contribution < -0.4 is 5.32 Å². The van der Waals surface area contributed by atoms with Gasteiger partial charge in [-0.15, -0.1) is 11.3 Å². The molecule has 152 valence electrons. The first-order valence-electron chi connectivity index (χ1n) is 8.95. The van der Waals surface area contributed by atoms with Gasteiger partial charge >= 0.3 is 0 Å². The maximum atomic E-state index is 12.8.